The van der Waals surface area contributed by atoms with Crippen molar-refractivity contribution in [3.05, 3.63) is 107 Å². The number of oxime groups is 1. The van der Waals surface area contributed by atoms with Gasteiger partial charge >= 0.3 is 0 Å². The summed E-state index contributed by atoms with van der Waals surface area (Å²) in [6.45, 7) is 0.0399. The van der Waals surface area contributed by atoms with Crippen LogP contribution in [0.2, 0.25) is 0 Å². The molecule has 9 heteroatoms. The fraction of sp³-hybridized carbons (Fsp3) is 0.115. The van der Waals surface area contributed by atoms with Crippen molar-refractivity contribution in [1.82, 2.24) is 9.78 Å². The number of hydrogen-bond acceptors (Lipinski definition) is 6. The lowest BCUT2D eigenvalue weighted by Crippen LogP contribution is -2.28. The minimum absolute atomic E-state index is 0.0399. The summed E-state index contributed by atoms with van der Waals surface area (Å²) < 4.78 is 38.6. The van der Waals surface area contributed by atoms with Crippen LogP contribution in [0.15, 0.2) is 99.9 Å². The Morgan fingerprint density at radius 2 is 1.60 bits per heavy atom. The second-order valence-corrected chi connectivity index (χ2v) is 9.80. The van der Waals surface area contributed by atoms with Gasteiger partial charge in [0.25, 0.3) is 5.56 Å². The molecule has 0 amide bonds. The van der Waals surface area contributed by atoms with E-state index in [1.54, 1.807) is 12.1 Å². The predicted octanol–water partition coefficient (Wildman–Crippen LogP) is 4.17. The largest absolute Gasteiger partial charge is 0.399 e. The average molecular weight is 492 g/mol. The van der Waals surface area contributed by atoms with Gasteiger partial charge in [0.2, 0.25) is 0 Å². The van der Waals surface area contributed by atoms with Gasteiger partial charge in [-0.1, -0.05) is 59.8 Å². The van der Waals surface area contributed by atoms with Crippen LogP contribution in [0.5, 0.6) is 0 Å². The van der Waals surface area contributed by atoms with Gasteiger partial charge < -0.3 is 4.84 Å². The Morgan fingerprint density at radius 1 is 0.971 bits per heavy atom. The van der Waals surface area contributed by atoms with E-state index >= 15 is 0 Å². The lowest BCUT2D eigenvalue weighted by molar-refractivity contribution is 0.212. The van der Waals surface area contributed by atoms with Crippen molar-refractivity contribution in [2.24, 2.45) is 5.16 Å². The van der Waals surface area contributed by atoms with Gasteiger partial charge in [-0.05, 0) is 35.4 Å². The number of aromatic nitrogens is 2. The van der Waals surface area contributed by atoms with Crippen molar-refractivity contribution in [2.45, 2.75) is 11.4 Å². The van der Waals surface area contributed by atoms with E-state index in [-0.39, 0.29) is 11.4 Å². The van der Waals surface area contributed by atoms with Gasteiger partial charge in [-0.15, -0.1) is 0 Å². The van der Waals surface area contributed by atoms with Gasteiger partial charge in [-0.25, -0.2) is 17.5 Å². The zero-order valence-corrected chi connectivity index (χ0v) is 19.9. The van der Waals surface area contributed by atoms with Crippen LogP contribution < -0.4 is 5.56 Å². The average Bonchev–Trinajstić information content (AvgIpc) is 2.85. The molecule has 1 aromatic heterocycles. The quantitative estimate of drug-likeness (QED) is 0.286. The maximum atomic E-state index is 13.7. The smallest absolute Gasteiger partial charge is 0.275 e. The summed E-state index contributed by atoms with van der Waals surface area (Å²) in [5.41, 5.74) is 2.74. The second kappa shape index (κ2) is 10.0. The highest BCUT2D eigenvalue weighted by Crippen LogP contribution is 2.29. The molecule has 0 saturated carbocycles. The lowest BCUT2D eigenvalue weighted by atomic mass is 9.97. The fourth-order valence-corrected chi connectivity index (χ4v) is 4.28. The zero-order chi connectivity index (χ0) is 25.0. The summed E-state index contributed by atoms with van der Waals surface area (Å²) in [5.74, 6) is -0.430. The molecule has 178 valence electrons. The summed E-state index contributed by atoms with van der Waals surface area (Å²) in [7, 11) is -1.95. The van der Waals surface area contributed by atoms with Crippen molar-refractivity contribution in [3.63, 3.8) is 0 Å². The second-order valence-electron chi connectivity index (χ2n) is 7.79. The summed E-state index contributed by atoms with van der Waals surface area (Å²) >= 11 is 0. The molecule has 0 bridgehead atoms. The summed E-state index contributed by atoms with van der Waals surface area (Å²) in [6, 6.07) is 21.0. The molecule has 0 spiro atoms. The standard InChI is InChI=1S/C26H22FN3O4S/c1-34-29-24(19-6-4-3-5-7-19)17-30-26(31)25(20-8-12-21(27)13-9-20)23(16-28-30)18-10-14-22(15-11-18)35(2,32)33/h3-16H,17H2,1-2H3. The van der Waals surface area contributed by atoms with Crippen molar-refractivity contribution in [3.8, 4) is 22.3 Å². The molecule has 4 aromatic rings. The molecule has 0 atom stereocenters. The van der Waals surface area contributed by atoms with E-state index in [0.29, 0.717) is 28.0 Å². The van der Waals surface area contributed by atoms with Crippen LogP contribution in [-0.4, -0.2) is 37.3 Å². The van der Waals surface area contributed by atoms with Gasteiger partial charge in [-0.3, -0.25) is 4.79 Å². The number of sulfone groups is 1. The molecular formula is C26H22FN3O4S. The Bertz CT molecular complexity index is 1530. The summed E-state index contributed by atoms with van der Waals surface area (Å²) in [6.07, 6.45) is 2.66. The summed E-state index contributed by atoms with van der Waals surface area (Å²) in [4.78, 5) is 18.8. The molecular weight excluding hydrogens is 469 g/mol. The highest BCUT2D eigenvalue weighted by atomic mass is 32.2. The predicted molar refractivity (Wildman–Crippen MR) is 132 cm³/mol. The molecule has 35 heavy (non-hydrogen) atoms. The third-order valence-corrected chi connectivity index (χ3v) is 6.51. The van der Waals surface area contributed by atoms with Crippen LogP contribution in [0.1, 0.15) is 5.56 Å². The number of benzene rings is 3. The molecule has 0 saturated heterocycles. The van der Waals surface area contributed by atoms with Crippen LogP contribution in [-0.2, 0) is 21.2 Å². The van der Waals surface area contributed by atoms with Crippen LogP contribution in [0.4, 0.5) is 4.39 Å². The van der Waals surface area contributed by atoms with E-state index in [2.05, 4.69) is 10.3 Å². The number of halogens is 1. The first-order valence-electron chi connectivity index (χ1n) is 10.6. The molecule has 0 aliphatic carbocycles. The van der Waals surface area contributed by atoms with Gasteiger partial charge in [0.15, 0.2) is 9.84 Å². The van der Waals surface area contributed by atoms with Gasteiger partial charge in [0.1, 0.15) is 18.6 Å². The third kappa shape index (κ3) is 5.36. The molecule has 3 aromatic carbocycles. The Hall–Kier alpha value is -4.11. The Labute approximate surface area is 202 Å². The van der Waals surface area contributed by atoms with Gasteiger partial charge in [-0.2, -0.15) is 5.10 Å². The zero-order valence-electron chi connectivity index (χ0n) is 19.1. The third-order valence-electron chi connectivity index (χ3n) is 5.38. The monoisotopic (exact) mass is 491 g/mol. The van der Waals surface area contributed by atoms with E-state index in [0.717, 1.165) is 11.8 Å². The topological polar surface area (TPSA) is 90.6 Å². The van der Waals surface area contributed by atoms with Crippen molar-refractivity contribution in [2.75, 3.05) is 13.4 Å². The number of rotatable bonds is 7. The lowest BCUT2D eigenvalue weighted by Gasteiger charge is -2.14. The fourth-order valence-electron chi connectivity index (χ4n) is 3.65. The van der Waals surface area contributed by atoms with Crippen LogP contribution in [0.25, 0.3) is 22.3 Å². The highest BCUT2D eigenvalue weighted by molar-refractivity contribution is 7.90. The minimum Gasteiger partial charge on any atom is -0.399 e. The maximum Gasteiger partial charge on any atom is 0.275 e. The molecule has 0 aliphatic heterocycles. The Morgan fingerprint density at radius 3 is 2.20 bits per heavy atom. The van der Waals surface area contributed by atoms with E-state index in [9.17, 15) is 17.6 Å². The van der Waals surface area contributed by atoms with Gasteiger partial charge in [0, 0.05) is 17.4 Å². The highest BCUT2D eigenvalue weighted by Gasteiger charge is 2.18. The van der Waals surface area contributed by atoms with Crippen LogP contribution in [0, 0.1) is 5.82 Å². The molecule has 0 fully saturated rings. The van der Waals surface area contributed by atoms with Crippen LogP contribution >= 0.6 is 0 Å². The van der Waals surface area contributed by atoms with E-state index < -0.39 is 21.2 Å². The van der Waals surface area contributed by atoms with Crippen molar-refractivity contribution in [1.29, 1.82) is 0 Å². The molecule has 7 nitrogen and oxygen atoms in total. The molecule has 4 rings (SSSR count). The Kier molecular flexibility index (Phi) is 6.88. The molecule has 0 unspecified atom stereocenters. The van der Waals surface area contributed by atoms with E-state index in [1.165, 1.54) is 54.4 Å². The van der Waals surface area contributed by atoms with Crippen LogP contribution in [0.3, 0.4) is 0 Å². The first-order valence-corrected chi connectivity index (χ1v) is 12.5. The molecule has 0 radical (unpaired) electrons. The SMILES string of the molecule is CON=C(Cn1ncc(-c2ccc(S(C)(=O)=O)cc2)c(-c2ccc(F)cc2)c1=O)c1ccccc1. The molecule has 0 N–H and O–H groups in total. The number of nitrogens with zero attached hydrogens (tertiary/aromatic N) is 3. The minimum atomic E-state index is -3.38. The Balaban J connectivity index is 1.86. The molecule has 0 aliphatic rings. The molecule has 1 heterocycles. The van der Waals surface area contributed by atoms with Gasteiger partial charge in [0.05, 0.1) is 23.2 Å². The van der Waals surface area contributed by atoms with E-state index in [1.807, 2.05) is 30.3 Å². The summed E-state index contributed by atoms with van der Waals surface area (Å²) in [5, 5.41) is 8.42. The first-order chi connectivity index (χ1) is 16.8. The van der Waals surface area contributed by atoms with E-state index in [4.69, 9.17) is 4.84 Å². The first kappa shape index (κ1) is 24.0. The van der Waals surface area contributed by atoms with Crippen molar-refractivity contribution < 1.29 is 17.6 Å². The normalized spacial score (nSPS) is 11.9. The number of hydrogen-bond donors (Lipinski definition) is 0. The maximum absolute atomic E-state index is 13.7. The van der Waals surface area contributed by atoms with Crippen molar-refractivity contribution >= 4 is 15.5 Å².